The molecule has 8 bridgehead atoms. The molecule has 140 valence electrons. The number of benzene rings is 2. The zero-order valence-electron chi connectivity index (χ0n) is 15.3. The van der Waals surface area contributed by atoms with Gasteiger partial charge in [-0.1, -0.05) is 13.8 Å². The molecule has 5 rings (SSSR count). The summed E-state index contributed by atoms with van der Waals surface area (Å²) in [5, 5.41) is 8.88. The molecule has 5 nitrogen and oxygen atoms in total. The van der Waals surface area contributed by atoms with Crippen molar-refractivity contribution in [2.75, 3.05) is 0 Å². The number of nitrogens with zero attached hydrogens (tertiary/aromatic N) is 4. The van der Waals surface area contributed by atoms with Crippen LogP contribution >= 0.6 is 0 Å². The maximum atomic E-state index is 12.7. The van der Waals surface area contributed by atoms with Gasteiger partial charge >= 0.3 is 21.1 Å². The van der Waals surface area contributed by atoms with Crippen molar-refractivity contribution in [2.45, 2.75) is 19.3 Å². The molecule has 6 heteroatoms. The molecule has 2 aromatic carbocycles. The van der Waals surface area contributed by atoms with Gasteiger partial charge < -0.3 is 0 Å². The average Bonchev–Trinajstić information content (AvgIpc) is 3.37. The molecule has 1 aliphatic rings. The van der Waals surface area contributed by atoms with Gasteiger partial charge in [0.2, 0.25) is 5.78 Å². The fourth-order valence-corrected chi connectivity index (χ4v) is 3.34. The maximum absolute atomic E-state index is 12.7. The minimum Gasteiger partial charge on any atom is -0.285 e. The molecule has 0 aliphatic carbocycles. The zero-order chi connectivity index (χ0) is 18.6. The summed E-state index contributed by atoms with van der Waals surface area (Å²) in [5.74, 6) is -0.211. The first-order valence-corrected chi connectivity index (χ1v) is 8.75. The van der Waals surface area contributed by atoms with E-state index in [4.69, 9.17) is 0 Å². The number of carbonyl (C=O) groups is 1. The molecule has 1 aliphatic heterocycles. The third-order valence-electron chi connectivity index (χ3n) is 5.04. The third-order valence-corrected chi connectivity index (χ3v) is 5.04. The Bertz CT molecular complexity index is 1100. The van der Waals surface area contributed by atoms with E-state index in [2.05, 4.69) is 48.3 Å². The quantitative estimate of drug-likeness (QED) is 0.317. The summed E-state index contributed by atoms with van der Waals surface area (Å²) in [6.07, 6.45) is 3.55. The van der Waals surface area contributed by atoms with E-state index in [0.717, 1.165) is 22.5 Å². The molecule has 0 saturated heterocycles. The molecule has 0 atom stereocenters. The van der Waals surface area contributed by atoms with Crippen molar-refractivity contribution in [1.29, 1.82) is 0 Å². The van der Waals surface area contributed by atoms with Crippen LogP contribution in [0.2, 0.25) is 0 Å². The third kappa shape index (κ3) is 2.87. The van der Waals surface area contributed by atoms with Crippen LogP contribution in [0.5, 0.6) is 0 Å². The summed E-state index contributed by atoms with van der Waals surface area (Å²) in [5.41, 5.74) is 4.03. The maximum Gasteiger partial charge on any atom is 2.00 e. The van der Waals surface area contributed by atoms with E-state index in [1.165, 1.54) is 0 Å². The van der Waals surface area contributed by atoms with Gasteiger partial charge in [-0.3, -0.25) is 14.2 Å². The van der Waals surface area contributed by atoms with Crippen LogP contribution in [0.1, 0.15) is 41.2 Å². The summed E-state index contributed by atoms with van der Waals surface area (Å²) in [4.78, 5) is 12.7. The first kappa shape index (κ1) is 18.6. The Kier molecular flexibility index (Phi) is 4.43. The predicted molar refractivity (Wildman–Crippen MR) is 100 cm³/mol. The monoisotopic (exact) mass is 547 g/mol. The molecule has 0 spiro atoms. The van der Waals surface area contributed by atoms with E-state index < -0.39 is 0 Å². The summed E-state index contributed by atoms with van der Waals surface area (Å²) >= 11 is 0. The fourth-order valence-electron chi connectivity index (χ4n) is 3.34. The number of carbonyl (C=O) groups excluding carboxylic acids is 1. The standard InChI is InChI=1S/C22H16N4O.Pt/c1-22(2)15-5-3-7-17(13-15)25-11-9-19(23-25)21(27)20-10-12-26(24-20)18-8-4-6-16(22)14-18;/h3-12H,1-2H3;/q-2;+2. The van der Waals surface area contributed by atoms with E-state index >= 15 is 0 Å². The Morgan fingerprint density at radius 2 is 1.25 bits per heavy atom. The summed E-state index contributed by atoms with van der Waals surface area (Å²) < 4.78 is 3.35. The topological polar surface area (TPSA) is 52.7 Å². The van der Waals surface area contributed by atoms with Gasteiger partial charge in [0, 0.05) is 12.4 Å². The minimum atomic E-state index is -0.308. The Morgan fingerprint density at radius 1 is 0.786 bits per heavy atom. The van der Waals surface area contributed by atoms with Gasteiger partial charge in [0.05, 0.1) is 0 Å². The van der Waals surface area contributed by atoms with Crippen LogP contribution in [-0.2, 0) is 26.5 Å². The van der Waals surface area contributed by atoms with E-state index in [-0.39, 0.29) is 32.3 Å². The van der Waals surface area contributed by atoms with Crippen molar-refractivity contribution in [2.24, 2.45) is 0 Å². The summed E-state index contributed by atoms with van der Waals surface area (Å²) in [6, 6.07) is 22.3. The predicted octanol–water partition coefficient (Wildman–Crippen LogP) is 3.53. The number of fused-ring (bicyclic) bond motifs is 10. The Hall–Kier alpha value is -2.78. The second-order valence-electron chi connectivity index (χ2n) is 7.14. The fraction of sp³-hybridized carbons (Fsp3) is 0.136. The molecule has 0 saturated carbocycles. The van der Waals surface area contributed by atoms with Gasteiger partial charge in [0.25, 0.3) is 0 Å². The first-order chi connectivity index (χ1) is 13.0. The van der Waals surface area contributed by atoms with Crippen LogP contribution in [0.15, 0.2) is 60.9 Å². The zero-order valence-corrected chi connectivity index (χ0v) is 17.6. The van der Waals surface area contributed by atoms with Crippen LogP contribution in [0, 0.1) is 12.1 Å². The molecule has 3 heterocycles. The largest absolute Gasteiger partial charge is 2.00 e. The summed E-state index contributed by atoms with van der Waals surface area (Å²) in [7, 11) is 0. The molecule has 0 N–H and O–H groups in total. The molecular formula is C22H16N4OPt. The molecule has 4 aromatic rings. The Labute approximate surface area is 177 Å². The average molecular weight is 547 g/mol. The van der Waals surface area contributed by atoms with E-state index in [1.54, 1.807) is 33.9 Å². The molecular weight excluding hydrogens is 531 g/mol. The normalized spacial score (nSPS) is 14.1. The van der Waals surface area contributed by atoms with E-state index in [0.29, 0.717) is 11.4 Å². The van der Waals surface area contributed by atoms with Crippen LogP contribution < -0.4 is 0 Å². The van der Waals surface area contributed by atoms with E-state index in [9.17, 15) is 4.79 Å². The second-order valence-corrected chi connectivity index (χ2v) is 7.14. The second kappa shape index (κ2) is 6.68. The number of aromatic nitrogens is 4. The molecule has 0 radical (unpaired) electrons. The van der Waals surface area contributed by atoms with Crippen LogP contribution in [0.4, 0.5) is 0 Å². The smallest absolute Gasteiger partial charge is 0.285 e. The SMILES string of the molecule is CC1(C)c2[c-]c(ccc2)-n2ccc(n2)C(=O)c2ccn(n2)-c2[c-]c1ccc2.[Pt+2]. The Balaban J connectivity index is 0.00000192. The van der Waals surface area contributed by atoms with Gasteiger partial charge in [-0.25, -0.2) is 0 Å². The first-order valence-electron chi connectivity index (χ1n) is 8.75. The van der Waals surface area contributed by atoms with Crippen molar-refractivity contribution in [1.82, 2.24) is 19.6 Å². The van der Waals surface area contributed by atoms with Crippen molar-refractivity contribution >= 4 is 5.78 Å². The van der Waals surface area contributed by atoms with Gasteiger partial charge in [-0.2, -0.15) is 57.7 Å². The van der Waals surface area contributed by atoms with Gasteiger partial charge in [0.1, 0.15) is 11.4 Å². The molecule has 0 fully saturated rings. The van der Waals surface area contributed by atoms with Crippen LogP contribution in [0.3, 0.4) is 0 Å². The Morgan fingerprint density at radius 3 is 1.71 bits per heavy atom. The van der Waals surface area contributed by atoms with Crippen LogP contribution in [0.25, 0.3) is 11.4 Å². The molecule has 28 heavy (non-hydrogen) atoms. The van der Waals surface area contributed by atoms with Crippen molar-refractivity contribution in [3.05, 3.63) is 95.6 Å². The van der Waals surface area contributed by atoms with E-state index in [1.807, 2.05) is 24.3 Å². The van der Waals surface area contributed by atoms with Gasteiger partial charge in [-0.05, 0) is 28.9 Å². The molecule has 0 amide bonds. The molecule has 2 aromatic heterocycles. The van der Waals surface area contributed by atoms with Crippen molar-refractivity contribution in [3.63, 3.8) is 0 Å². The summed E-state index contributed by atoms with van der Waals surface area (Å²) in [6.45, 7) is 4.30. The number of hydrogen-bond acceptors (Lipinski definition) is 3. The van der Waals surface area contributed by atoms with Gasteiger partial charge in [-0.15, -0.1) is 12.1 Å². The number of hydrogen-bond donors (Lipinski definition) is 0. The van der Waals surface area contributed by atoms with Crippen LogP contribution in [-0.4, -0.2) is 25.3 Å². The minimum absolute atomic E-state index is 0. The molecule has 0 unspecified atom stereocenters. The van der Waals surface area contributed by atoms with Crippen molar-refractivity contribution < 1.29 is 25.9 Å². The van der Waals surface area contributed by atoms with Gasteiger partial charge in [0.15, 0.2) is 0 Å². The number of rotatable bonds is 0. The van der Waals surface area contributed by atoms with Crippen molar-refractivity contribution in [3.8, 4) is 11.4 Å². The number of ketones is 1.